The van der Waals surface area contributed by atoms with E-state index in [1.54, 1.807) is 6.08 Å². The van der Waals surface area contributed by atoms with Gasteiger partial charge in [0.15, 0.2) is 0 Å². The molecule has 0 aromatic heterocycles. The zero-order valence-corrected chi connectivity index (χ0v) is 50.4. The van der Waals surface area contributed by atoms with Crippen LogP contribution >= 0.6 is 0 Å². The van der Waals surface area contributed by atoms with Crippen LogP contribution in [0, 0.1) is 0 Å². The van der Waals surface area contributed by atoms with Crippen molar-refractivity contribution in [3.8, 4) is 0 Å². The molecule has 0 aliphatic carbocycles. The summed E-state index contributed by atoms with van der Waals surface area (Å²) in [5, 5.41) is 23.2. The van der Waals surface area contributed by atoms with E-state index in [0.717, 1.165) is 38.5 Å². The minimum absolute atomic E-state index is 0.0200. The zero-order chi connectivity index (χ0) is 53.6. The van der Waals surface area contributed by atoms with Gasteiger partial charge >= 0.3 is 5.97 Å². The molecule has 0 fully saturated rings. The summed E-state index contributed by atoms with van der Waals surface area (Å²) in [5.41, 5.74) is 0. The monoisotopic (exact) mass is 1040 g/mol. The number of unbranched alkanes of at least 4 members (excludes halogenated alkanes) is 53. The Bertz CT molecular complexity index is 1110. The van der Waals surface area contributed by atoms with Crippen molar-refractivity contribution < 1.29 is 24.5 Å². The Kier molecular flexibility index (Phi) is 62.9. The summed E-state index contributed by atoms with van der Waals surface area (Å²) in [6.45, 7) is 4.94. The lowest BCUT2D eigenvalue weighted by molar-refractivity contribution is -0.143. The molecule has 2 unspecified atom stereocenters. The third-order valence-electron chi connectivity index (χ3n) is 16.1. The molecule has 0 radical (unpaired) electrons. The van der Waals surface area contributed by atoms with Crippen molar-refractivity contribution in [2.75, 3.05) is 13.2 Å². The van der Waals surface area contributed by atoms with E-state index in [-0.39, 0.29) is 18.5 Å². The van der Waals surface area contributed by atoms with Crippen molar-refractivity contribution in [3.05, 3.63) is 12.2 Å². The van der Waals surface area contributed by atoms with Gasteiger partial charge in [-0.25, -0.2) is 0 Å². The highest BCUT2D eigenvalue weighted by atomic mass is 16.5. The zero-order valence-electron chi connectivity index (χ0n) is 50.4. The average Bonchev–Trinajstić information content (AvgIpc) is 3.40. The molecule has 0 aromatic carbocycles. The Hall–Kier alpha value is -1.40. The van der Waals surface area contributed by atoms with E-state index >= 15 is 0 Å². The number of esters is 1. The number of carbonyl (C=O) groups is 2. The first-order chi connectivity index (χ1) is 36.5. The molecule has 1 amide bonds. The second-order valence-corrected chi connectivity index (χ2v) is 23.5. The van der Waals surface area contributed by atoms with Crippen LogP contribution in [0.5, 0.6) is 0 Å². The quantitative estimate of drug-likeness (QED) is 0.0320. The van der Waals surface area contributed by atoms with Gasteiger partial charge in [0.25, 0.3) is 0 Å². The summed E-state index contributed by atoms with van der Waals surface area (Å²) >= 11 is 0. The molecular formula is C68H133NO5. The topological polar surface area (TPSA) is 95.9 Å². The standard InChI is InChI=1S/C68H133NO5/c1-3-5-7-9-11-13-15-17-18-30-33-37-40-44-48-52-56-60-66(71)65(64-70)69-67(72)61-57-53-49-45-41-38-34-31-28-26-24-22-20-19-21-23-25-27-29-32-35-39-43-47-51-55-59-63-74-68(73)62-58-54-50-46-42-36-16-14-12-10-8-6-4-2/h56,60,65-66,70-71H,3-55,57-59,61-64H2,1-2H3,(H,69,72)/b60-56+. The smallest absolute Gasteiger partial charge is 0.305 e. The minimum atomic E-state index is -0.842. The van der Waals surface area contributed by atoms with Crippen molar-refractivity contribution in [1.29, 1.82) is 0 Å². The number of amides is 1. The molecule has 0 heterocycles. The van der Waals surface area contributed by atoms with E-state index < -0.39 is 12.1 Å². The maximum atomic E-state index is 12.5. The van der Waals surface area contributed by atoms with Crippen molar-refractivity contribution in [2.45, 2.75) is 398 Å². The Morgan fingerprint density at radius 3 is 0.919 bits per heavy atom. The van der Waals surface area contributed by atoms with Crippen LogP contribution in [-0.2, 0) is 14.3 Å². The van der Waals surface area contributed by atoms with Crippen LogP contribution in [0.25, 0.3) is 0 Å². The number of allylic oxidation sites excluding steroid dienone is 1. The van der Waals surface area contributed by atoms with Crippen LogP contribution in [0.1, 0.15) is 386 Å². The molecule has 0 aliphatic heterocycles. The average molecular weight is 1040 g/mol. The predicted octanol–water partition coefficient (Wildman–Crippen LogP) is 21.6. The maximum absolute atomic E-state index is 12.5. The van der Waals surface area contributed by atoms with Gasteiger partial charge in [-0.1, -0.05) is 353 Å². The fourth-order valence-corrected chi connectivity index (χ4v) is 10.9. The van der Waals surface area contributed by atoms with E-state index in [4.69, 9.17) is 4.74 Å². The second kappa shape index (κ2) is 64.1. The third-order valence-corrected chi connectivity index (χ3v) is 16.1. The number of rotatable bonds is 64. The van der Waals surface area contributed by atoms with Gasteiger partial charge in [-0.3, -0.25) is 9.59 Å². The Morgan fingerprint density at radius 1 is 0.365 bits per heavy atom. The lowest BCUT2D eigenvalue weighted by atomic mass is 10.0. The first-order valence-corrected chi connectivity index (χ1v) is 34.0. The summed E-state index contributed by atoms with van der Waals surface area (Å²) in [6, 6.07) is -0.625. The van der Waals surface area contributed by atoms with Crippen LogP contribution in [0.2, 0.25) is 0 Å². The summed E-state index contributed by atoms with van der Waals surface area (Å²) < 4.78 is 5.49. The van der Waals surface area contributed by atoms with Crippen LogP contribution in [0.3, 0.4) is 0 Å². The van der Waals surface area contributed by atoms with Crippen LogP contribution in [0.4, 0.5) is 0 Å². The molecule has 2 atom stereocenters. The van der Waals surface area contributed by atoms with Crippen molar-refractivity contribution >= 4 is 11.9 Å². The van der Waals surface area contributed by atoms with Crippen LogP contribution < -0.4 is 5.32 Å². The lowest BCUT2D eigenvalue weighted by Gasteiger charge is -2.20. The van der Waals surface area contributed by atoms with Gasteiger partial charge < -0.3 is 20.3 Å². The number of hydrogen-bond acceptors (Lipinski definition) is 5. The first-order valence-electron chi connectivity index (χ1n) is 34.0. The van der Waals surface area contributed by atoms with Crippen molar-refractivity contribution in [2.24, 2.45) is 0 Å². The van der Waals surface area contributed by atoms with E-state index in [2.05, 4.69) is 19.2 Å². The van der Waals surface area contributed by atoms with Gasteiger partial charge in [0.1, 0.15) is 0 Å². The normalized spacial score (nSPS) is 12.5. The van der Waals surface area contributed by atoms with Gasteiger partial charge in [-0.05, 0) is 32.1 Å². The summed E-state index contributed by atoms with van der Waals surface area (Å²) in [6.07, 6.45) is 78.5. The Balaban J connectivity index is 3.36. The SMILES string of the molecule is CCCCCCCCCCCCCCCCC/C=C/C(O)C(CO)NC(=O)CCCCCCCCCCCCCCCCCCCCCCCCCCCCCOC(=O)CCCCCCCCCCCCCCC. The fraction of sp³-hybridized carbons (Fsp3) is 0.941. The molecule has 0 saturated carbocycles. The molecule has 3 N–H and O–H groups in total. The molecular weight excluding hydrogens is 911 g/mol. The Labute approximate surface area is 463 Å². The van der Waals surface area contributed by atoms with Gasteiger partial charge in [-0.2, -0.15) is 0 Å². The fourth-order valence-electron chi connectivity index (χ4n) is 10.9. The summed E-state index contributed by atoms with van der Waals surface area (Å²) in [4.78, 5) is 24.5. The number of nitrogens with one attached hydrogen (secondary N) is 1. The lowest BCUT2D eigenvalue weighted by Crippen LogP contribution is -2.45. The highest BCUT2D eigenvalue weighted by Gasteiger charge is 2.18. The van der Waals surface area contributed by atoms with E-state index in [1.807, 2.05) is 6.08 Å². The van der Waals surface area contributed by atoms with Gasteiger partial charge in [0.05, 0.1) is 25.4 Å². The predicted molar refractivity (Wildman–Crippen MR) is 324 cm³/mol. The number of aliphatic hydroxyl groups excluding tert-OH is 2. The highest BCUT2D eigenvalue weighted by molar-refractivity contribution is 5.76. The molecule has 0 bridgehead atoms. The molecule has 440 valence electrons. The van der Waals surface area contributed by atoms with Crippen LogP contribution in [0.15, 0.2) is 12.2 Å². The molecule has 0 spiro atoms. The largest absolute Gasteiger partial charge is 0.466 e. The number of hydrogen-bond donors (Lipinski definition) is 3. The van der Waals surface area contributed by atoms with Crippen molar-refractivity contribution in [3.63, 3.8) is 0 Å². The molecule has 0 aliphatic rings. The number of carbonyl (C=O) groups excluding carboxylic acids is 2. The number of ether oxygens (including phenoxy) is 1. The summed E-state index contributed by atoms with van der Waals surface area (Å²) in [7, 11) is 0. The maximum Gasteiger partial charge on any atom is 0.305 e. The van der Waals surface area contributed by atoms with Gasteiger partial charge in [0, 0.05) is 12.8 Å². The van der Waals surface area contributed by atoms with E-state index in [0.29, 0.717) is 19.4 Å². The molecule has 6 nitrogen and oxygen atoms in total. The van der Waals surface area contributed by atoms with Crippen molar-refractivity contribution in [1.82, 2.24) is 5.32 Å². The van der Waals surface area contributed by atoms with Gasteiger partial charge in [0.2, 0.25) is 5.91 Å². The van der Waals surface area contributed by atoms with E-state index in [9.17, 15) is 19.8 Å². The van der Waals surface area contributed by atoms with E-state index in [1.165, 1.54) is 321 Å². The van der Waals surface area contributed by atoms with Crippen LogP contribution in [-0.4, -0.2) is 47.4 Å². The number of aliphatic hydroxyl groups is 2. The first kappa shape index (κ1) is 72.6. The van der Waals surface area contributed by atoms with Gasteiger partial charge in [-0.15, -0.1) is 0 Å². The molecule has 0 rings (SSSR count). The Morgan fingerprint density at radius 2 is 0.622 bits per heavy atom. The third kappa shape index (κ3) is 59.8. The molecule has 0 saturated heterocycles. The molecule has 6 heteroatoms. The molecule has 0 aromatic rings. The second-order valence-electron chi connectivity index (χ2n) is 23.5. The highest BCUT2D eigenvalue weighted by Crippen LogP contribution is 2.19. The minimum Gasteiger partial charge on any atom is -0.466 e. The summed E-state index contributed by atoms with van der Waals surface area (Å²) in [5.74, 6) is -0.0418. The molecule has 74 heavy (non-hydrogen) atoms.